The zero-order valence-electron chi connectivity index (χ0n) is 11.9. The maximum absolute atomic E-state index is 12.0. The van der Waals surface area contributed by atoms with E-state index < -0.39 is 21.9 Å². The summed E-state index contributed by atoms with van der Waals surface area (Å²) in [6.45, 7) is 0.218. The van der Waals surface area contributed by atoms with E-state index >= 15 is 0 Å². The van der Waals surface area contributed by atoms with Crippen LogP contribution in [0.5, 0.6) is 0 Å². The number of nitrogens with one attached hydrogen (secondary N) is 1. The first-order valence-corrected chi connectivity index (χ1v) is 7.71. The number of carbonyl (C=O) groups is 2. The molecule has 116 valence electrons. The lowest BCUT2D eigenvalue weighted by molar-refractivity contribution is -0.137. The van der Waals surface area contributed by atoms with Crippen LogP contribution in [0.15, 0.2) is 29.2 Å². The first-order valence-electron chi connectivity index (χ1n) is 6.27. The van der Waals surface area contributed by atoms with E-state index in [-0.39, 0.29) is 23.4 Å². The molecule has 1 aromatic carbocycles. The van der Waals surface area contributed by atoms with Crippen molar-refractivity contribution in [1.29, 1.82) is 0 Å². The summed E-state index contributed by atoms with van der Waals surface area (Å²) < 4.78 is 25.0. The highest BCUT2D eigenvalue weighted by atomic mass is 32.2. The van der Waals surface area contributed by atoms with Gasteiger partial charge in [-0.05, 0) is 24.6 Å². The number of rotatable bonds is 7. The van der Waals surface area contributed by atoms with Crippen LogP contribution in [0.2, 0.25) is 0 Å². The highest BCUT2D eigenvalue weighted by Crippen LogP contribution is 2.14. The van der Waals surface area contributed by atoms with Gasteiger partial charge in [-0.3, -0.25) is 9.59 Å². The molecule has 2 N–H and O–H groups in total. The van der Waals surface area contributed by atoms with E-state index in [4.69, 9.17) is 5.11 Å². The van der Waals surface area contributed by atoms with Crippen molar-refractivity contribution in [2.45, 2.75) is 17.7 Å². The minimum Gasteiger partial charge on any atom is -0.481 e. The van der Waals surface area contributed by atoms with Crippen molar-refractivity contribution in [2.75, 3.05) is 20.6 Å². The highest BCUT2D eigenvalue weighted by molar-refractivity contribution is 7.89. The highest BCUT2D eigenvalue weighted by Gasteiger charge is 2.18. The maximum Gasteiger partial charge on any atom is 0.303 e. The van der Waals surface area contributed by atoms with Crippen LogP contribution in [-0.4, -0.2) is 50.3 Å². The average molecular weight is 314 g/mol. The van der Waals surface area contributed by atoms with Gasteiger partial charge in [0, 0.05) is 32.6 Å². The predicted octanol–water partition coefficient (Wildman–Crippen LogP) is 0.531. The van der Waals surface area contributed by atoms with Gasteiger partial charge in [-0.2, -0.15) is 0 Å². The predicted molar refractivity (Wildman–Crippen MR) is 76.5 cm³/mol. The molecule has 0 fully saturated rings. The number of sulfonamides is 1. The van der Waals surface area contributed by atoms with Crippen molar-refractivity contribution in [2.24, 2.45) is 0 Å². The fourth-order valence-electron chi connectivity index (χ4n) is 1.55. The molecule has 0 aliphatic carbocycles. The van der Waals surface area contributed by atoms with Gasteiger partial charge in [0.1, 0.15) is 0 Å². The monoisotopic (exact) mass is 314 g/mol. The minimum absolute atomic E-state index is 0.0324. The van der Waals surface area contributed by atoms with Crippen LogP contribution in [0.4, 0.5) is 0 Å². The molecule has 0 heterocycles. The molecule has 0 unspecified atom stereocenters. The molecule has 0 aliphatic heterocycles. The molecular formula is C13H18N2O5S. The summed E-state index contributed by atoms with van der Waals surface area (Å²) in [7, 11) is -0.772. The van der Waals surface area contributed by atoms with Crippen molar-refractivity contribution < 1.29 is 23.1 Å². The van der Waals surface area contributed by atoms with Crippen LogP contribution in [0.1, 0.15) is 23.2 Å². The molecular weight excluding hydrogens is 296 g/mol. The third-order valence-corrected chi connectivity index (χ3v) is 4.54. The van der Waals surface area contributed by atoms with Crippen LogP contribution in [0.3, 0.4) is 0 Å². The summed E-state index contributed by atoms with van der Waals surface area (Å²) in [5, 5.41) is 11.0. The lowest BCUT2D eigenvalue weighted by atomic mass is 10.2. The molecule has 1 aromatic rings. The largest absolute Gasteiger partial charge is 0.481 e. The van der Waals surface area contributed by atoms with Gasteiger partial charge in [0.05, 0.1) is 4.90 Å². The minimum atomic E-state index is -3.59. The number of carbonyl (C=O) groups excluding carboxylic acids is 1. The number of aliphatic carboxylic acids is 1. The summed E-state index contributed by atoms with van der Waals surface area (Å²) in [6.07, 6.45) is 0.284. The Morgan fingerprint density at radius 3 is 2.52 bits per heavy atom. The van der Waals surface area contributed by atoms with Crippen molar-refractivity contribution in [1.82, 2.24) is 9.62 Å². The van der Waals surface area contributed by atoms with Crippen molar-refractivity contribution in [3.8, 4) is 0 Å². The fraction of sp³-hybridized carbons (Fsp3) is 0.385. The normalized spacial score (nSPS) is 11.4. The molecule has 0 radical (unpaired) electrons. The Morgan fingerprint density at radius 2 is 1.95 bits per heavy atom. The Hall–Kier alpha value is -1.93. The molecule has 0 spiro atoms. The Labute approximate surface area is 123 Å². The van der Waals surface area contributed by atoms with Crippen LogP contribution in [0, 0.1) is 0 Å². The first kappa shape index (κ1) is 17.1. The smallest absolute Gasteiger partial charge is 0.303 e. The van der Waals surface area contributed by atoms with Gasteiger partial charge in [-0.25, -0.2) is 12.7 Å². The number of nitrogens with zero attached hydrogens (tertiary/aromatic N) is 1. The Balaban J connectivity index is 2.77. The van der Waals surface area contributed by atoms with Crippen LogP contribution >= 0.6 is 0 Å². The van der Waals surface area contributed by atoms with Crippen molar-refractivity contribution in [3.05, 3.63) is 29.8 Å². The lowest BCUT2D eigenvalue weighted by Gasteiger charge is -2.12. The zero-order valence-corrected chi connectivity index (χ0v) is 12.7. The Kier molecular flexibility index (Phi) is 5.86. The van der Waals surface area contributed by atoms with E-state index in [2.05, 4.69) is 5.32 Å². The third-order valence-electron chi connectivity index (χ3n) is 2.73. The van der Waals surface area contributed by atoms with Gasteiger partial charge in [-0.1, -0.05) is 6.07 Å². The average Bonchev–Trinajstić information content (AvgIpc) is 2.43. The van der Waals surface area contributed by atoms with Crippen LogP contribution in [-0.2, 0) is 14.8 Å². The molecule has 0 aromatic heterocycles. The lowest BCUT2D eigenvalue weighted by Crippen LogP contribution is -2.26. The molecule has 8 heteroatoms. The molecule has 7 nitrogen and oxygen atoms in total. The number of hydrogen-bond donors (Lipinski definition) is 2. The zero-order chi connectivity index (χ0) is 16.0. The fourth-order valence-corrected chi connectivity index (χ4v) is 2.50. The van der Waals surface area contributed by atoms with Crippen LogP contribution < -0.4 is 5.32 Å². The van der Waals surface area contributed by atoms with Gasteiger partial charge in [-0.15, -0.1) is 0 Å². The SMILES string of the molecule is CN(C)S(=O)(=O)c1cccc(C(=O)NCCCC(=O)O)c1. The Morgan fingerprint density at radius 1 is 1.29 bits per heavy atom. The standard InChI is InChI=1S/C13H18N2O5S/c1-15(2)21(19,20)11-6-3-5-10(9-11)13(18)14-8-4-7-12(16)17/h3,5-6,9H,4,7-8H2,1-2H3,(H,14,18)(H,16,17). The number of carboxylic acids is 1. The topological polar surface area (TPSA) is 104 Å². The number of hydrogen-bond acceptors (Lipinski definition) is 4. The van der Waals surface area contributed by atoms with Crippen molar-refractivity contribution in [3.63, 3.8) is 0 Å². The summed E-state index contributed by atoms with van der Waals surface area (Å²) in [4.78, 5) is 22.3. The maximum atomic E-state index is 12.0. The van der Waals surface area contributed by atoms with E-state index in [1.165, 1.54) is 38.4 Å². The van der Waals surface area contributed by atoms with Gasteiger partial charge in [0.25, 0.3) is 5.91 Å². The van der Waals surface area contributed by atoms with E-state index in [9.17, 15) is 18.0 Å². The van der Waals surface area contributed by atoms with E-state index in [1.807, 2.05) is 0 Å². The van der Waals surface area contributed by atoms with Gasteiger partial charge in [0.2, 0.25) is 10.0 Å². The van der Waals surface area contributed by atoms with Crippen molar-refractivity contribution >= 4 is 21.9 Å². The summed E-state index contributed by atoms with van der Waals surface area (Å²) in [6, 6.07) is 5.70. The molecule has 0 aliphatic rings. The van der Waals surface area contributed by atoms with Crippen LogP contribution in [0.25, 0.3) is 0 Å². The number of amides is 1. The molecule has 0 saturated carbocycles. The second kappa shape index (κ2) is 7.19. The van der Waals surface area contributed by atoms with Gasteiger partial charge in [0.15, 0.2) is 0 Å². The third kappa shape index (κ3) is 4.83. The van der Waals surface area contributed by atoms with E-state index in [0.717, 1.165) is 4.31 Å². The number of carboxylic acid groups (broad SMARTS) is 1. The quantitative estimate of drug-likeness (QED) is 0.715. The second-order valence-corrected chi connectivity index (χ2v) is 6.72. The second-order valence-electron chi connectivity index (χ2n) is 4.57. The van der Waals surface area contributed by atoms with Gasteiger partial charge < -0.3 is 10.4 Å². The summed E-state index contributed by atoms with van der Waals surface area (Å²) >= 11 is 0. The van der Waals surface area contributed by atoms with E-state index in [0.29, 0.717) is 6.42 Å². The molecule has 21 heavy (non-hydrogen) atoms. The molecule has 1 rings (SSSR count). The number of benzene rings is 1. The Bertz CT molecular complexity index is 625. The molecule has 1 amide bonds. The first-order chi connectivity index (χ1) is 9.75. The molecule has 0 bridgehead atoms. The summed E-state index contributed by atoms with van der Waals surface area (Å²) in [5.74, 6) is -1.36. The van der Waals surface area contributed by atoms with Gasteiger partial charge >= 0.3 is 5.97 Å². The molecule has 0 atom stereocenters. The van der Waals surface area contributed by atoms with E-state index in [1.54, 1.807) is 0 Å². The summed E-state index contributed by atoms with van der Waals surface area (Å²) in [5.41, 5.74) is 0.216. The molecule has 0 saturated heterocycles.